The standard InChI is InChI=1S/C19H26N4O3/c1-22(15-10-13-4-5-14(11-15)21-13)18(24)12-3-6-17(26-2)16(9-12)23-8-7-20-19(23)25/h3,6,9,13-15,21H,4-5,7-8,10-11H2,1-2H3,(H,20,25). The van der Waals surface area contributed by atoms with Crippen LogP contribution in [0.3, 0.4) is 0 Å². The minimum Gasteiger partial charge on any atom is -0.495 e. The highest BCUT2D eigenvalue weighted by atomic mass is 16.5. The number of nitrogens with zero attached hydrogens (tertiary/aromatic N) is 2. The number of benzene rings is 1. The molecule has 0 saturated carbocycles. The number of fused-ring (bicyclic) bond motifs is 2. The summed E-state index contributed by atoms with van der Waals surface area (Å²) in [4.78, 5) is 28.6. The van der Waals surface area contributed by atoms with Gasteiger partial charge in [-0.05, 0) is 43.9 Å². The predicted octanol–water partition coefficient (Wildman–Crippen LogP) is 1.58. The fraction of sp³-hybridized carbons (Fsp3) is 0.579. The van der Waals surface area contributed by atoms with E-state index in [-0.39, 0.29) is 18.0 Å². The monoisotopic (exact) mass is 358 g/mol. The lowest BCUT2D eigenvalue weighted by atomic mass is 9.98. The molecule has 140 valence electrons. The number of urea groups is 1. The van der Waals surface area contributed by atoms with Crippen molar-refractivity contribution in [3.63, 3.8) is 0 Å². The Kier molecular flexibility index (Phi) is 4.48. The van der Waals surface area contributed by atoms with Crippen LogP contribution >= 0.6 is 0 Å². The first-order valence-electron chi connectivity index (χ1n) is 9.33. The smallest absolute Gasteiger partial charge is 0.322 e. The predicted molar refractivity (Wildman–Crippen MR) is 98.8 cm³/mol. The third-order valence-electron chi connectivity index (χ3n) is 5.89. The van der Waals surface area contributed by atoms with Crippen molar-refractivity contribution in [1.82, 2.24) is 15.5 Å². The van der Waals surface area contributed by atoms with E-state index in [1.54, 1.807) is 30.2 Å². The summed E-state index contributed by atoms with van der Waals surface area (Å²) < 4.78 is 5.40. The maximum Gasteiger partial charge on any atom is 0.322 e. The zero-order valence-corrected chi connectivity index (χ0v) is 15.3. The van der Waals surface area contributed by atoms with E-state index in [0.29, 0.717) is 42.2 Å². The quantitative estimate of drug-likeness (QED) is 0.857. The molecule has 0 aliphatic carbocycles. The summed E-state index contributed by atoms with van der Waals surface area (Å²) in [6, 6.07) is 6.51. The van der Waals surface area contributed by atoms with Crippen molar-refractivity contribution in [2.24, 2.45) is 0 Å². The second-order valence-corrected chi connectivity index (χ2v) is 7.45. The molecule has 3 amide bonds. The second-order valence-electron chi connectivity index (χ2n) is 7.45. The first kappa shape index (κ1) is 17.1. The molecule has 3 saturated heterocycles. The summed E-state index contributed by atoms with van der Waals surface area (Å²) >= 11 is 0. The number of carbonyl (C=O) groups is 2. The van der Waals surface area contributed by atoms with Gasteiger partial charge in [0.05, 0.1) is 12.8 Å². The Balaban J connectivity index is 1.56. The van der Waals surface area contributed by atoms with Crippen LogP contribution in [-0.2, 0) is 0 Å². The molecular weight excluding hydrogens is 332 g/mol. The normalized spacial score (nSPS) is 27.4. The van der Waals surface area contributed by atoms with Crippen molar-refractivity contribution in [2.75, 3.05) is 32.1 Å². The van der Waals surface area contributed by atoms with Gasteiger partial charge in [0.25, 0.3) is 5.91 Å². The SMILES string of the molecule is COc1ccc(C(=O)N(C)C2CC3CCC(C2)N3)cc1N1CCNC1=O. The second kappa shape index (κ2) is 6.79. The van der Waals surface area contributed by atoms with Crippen LogP contribution in [0.1, 0.15) is 36.0 Å². The molecule has 7 nitrogen and oxygen atoms in total. The minimum absolute atomic E-state index is 0.000178. The summed E-state index contributed by atoms with van der Waals surface area (Å²) in [5, 5.41) is 6.40. The molecule has 2 unspecified atom stereocenters. The van der Waals surface area contributed by atoms with Gasteiger partial charge in [-0.25, -0.2) is 4.79 Å². The van der Waals surface area contributed by atoms with Gasteiger partial charge in [-0.2, -0.15) is 0 Å². The molecule has 26 heavy (non-hydrogen) atoms. The van der Waals surface area contributed by atoms with Crippen LogP contribution in [-0.4, -0.2) is 62.2 Å². The molecule has 7 heteroatoms. The molecule has 2 bridgehead atoms. The van der Waals surface area contributed by atoms with Crippen LogP contribution in [0.15, 0.2) is 18.2 Å². The third-order valence-corrected chi connectivity index (χ3v) is 5.89. The number of ether oxygens (including phenoxy) is 1. The molecule has 0 spiro atoms. The number of anilines is 1. The zero-order valence-electron chi connectivity index (χ0n) is 15.3. The molecule has 3 heterocycles. The lowest BCUT2D eigenvalue weighted by Gasteiger charge is -2.35. The zero-order chi connectivity index (χ0) is 18.3. The molecule has 3 aliphatic heterocycles. The largest absolute Gasteiger partial charge is 0.495 e. The number of amides is 3. The molecular formula is C19H26N4O3. The maximum atomic E-state index is 13.1. The van der Waals surface area contributed by atoms with Crippen LogP contribution in [0, 0.1) is 0 Å². The number of hydrogen-bond donors (Lipinski definition) is 2. The molecule has 0 aromatic heterocycles. The van der Waals surface area contributed by atoms with E-state index in [4.69, 9.17) is 4.74 Å². The highest BCUT2D eigenvalue weighted by molar-refractivity contribution is 6.00. The van der Waals surface area contributed by atoms with Crippen LogP contribution in [0.5, 0.6) is 5.75 Å². The van der Waals surface area contributed by atoms with E-state index < -0.39 is 0 Å². The number of piperidine rings is 1. The van der Waals surface area contributed by atoms with Gasteiger partial charge in [-0.1, -0.05) is 0 Å². The topological polar surface area (TPSA) is 73.9 Å². The summed E-state index contributed by atoms with van der Waals surface area (Å²) in [5.41, 5.74) is 1.24. The number of nitrogens with one attached hydrogen (secondary N) is 2. The highest BCUT2D eigenvalue weighted by Gasteiger charge is 2.36. The Labute approximate surface area is 153 Å². The summed E-state index contributed by atoms with van der Waals surface area (Å²) in [6.45, 7) is 1.16. The van der Waals surface area contributed by atoms with Crippen molar-refractivity contribution in [2.45, 2.75) is 43.8 Å². The fourth-order valence-electron chi connectivity index (χ4n) is 4.45. The van der Waals surface area contributed by atoms with E-state index >= 15 is 0 Å². The maximum absolute atomic E-state index is 13.1. The van der Waals surface area contributed by atoms with Gasteiger partial charge in [-0.15, -0.1) is 0 Å². The lowest BCUT2D eigenvalue weighted by Crippen LogP contribution is -2.48. The molecule has 1 aromatic carbocycles. The summed E-state index contributed by atoms with van der Waals surface area (Å²) in [5.74, 6) is 0.598. The van der Waals surface area contributed by atoms with Gasteiger partial charge in [0.2, 0.25) is 0 Å². The Hall–Kier alpha value is -2.28. The molecule has 2 atom stereocenters. The lowest BCUT2D eigenvalue weighted by molar-refractivity contribution is 0.0681. The molecule has 2 N–H and O–H groups in total. The van der Waals surface area contributed by atoms with Crippen LogP contribution in [0.25, 0.3) is 0 Å². The molecule has 0 radical (unpaired) electrons. The van der Waals surface area contributed by atoms with Crippen LogP contribution in [0.2, 0.25) is 0 Å². The number of rotatable bonds is 4. The first-order valence-corrected chi connectivity index (χ1v) is 9.33. The van der Waals surface area contributed by atoms with E-state index in [0.717, 1.165) is 12.8 Å². The molecule has 4 rings (SSSR count). The fourth-order valence-corrected chi connectivity index (χ4v) is 4.45. The Morgan fingerprint density at radius 2 is 2.00 bits per heavy atom. The minimum atomic E-state index is -0.156. The number of methoxy groups -OCH3 is 1. The Morgan fingerprint density at radius 3 is 2.62 bits per heavy atom. The van der Waals surface area contributed by atoms with Gasteiger partial charge >= 0.3 is 6.03 Å². The van der Waals surface area contributed by atoms with E-state index in [1.807, 2.05) is 11.9 Å². The van der Waals surface area contributed by atoms with Gasteiger partial charge in [0.15, 0.2) is 0 Å². The summed E-state index contributed by atoms with van der Waals surface area (Å²) in [6.07, 6.45) is 4.44. The molecule has 1 aromatic rings. The van der Waals surface area contributed by atoms with E-state index in [1.165, 1.54) is 12.8 Å². The van der Waals surface area contributed by atoms with Crippen molar-refractivity contribution < 1.29 is 14.3 Å². The van der Waals surface area contributed by atoms with Crippen molar-refractivity contribution in [3.8, 4) is 5.75 Å². The van der Waals surface area contributed by atoms with E-state index in [2.05, 4.69) is 10.6 Å². The first-order chi connectivity index (χ1) is 12.6. The third kappa shape index (κ3) is 3.00. The average Bonchev–Trinajstić information content (AvgIpc) is 3.24. The van der Waals surface area contributed by atoms with Crippen molar-refractivity contribution in [3.05, 3.63) is 23.8 Å². The number of hydrogen-bond acceptors (Lipinski definition) is 4. The Morgan fingerprint density at radius 1 is 1.27 bits per heavy atom. The Bertz CT molecular complexity index is 711. The average molecular weight is 358 g/mol. The van der Waals surface area contributed by atoms with Gasteiger partial charge < -0.3 is 20.3 Å². The van der Waals surface area contributed by atoms with Crippen LogP contribution in [0.4, 0.5) is 10.5 Å². The van der Waals surface area contributed by atoms with Gasteiger partial charge in [-0.3, -0.25) is 9.69 Å². The van der Waals surface area contributed by atoms with Gasteiger partial charge in [0, 0.05) is 43.8 Å². The van der Waals surface area contributed by atoms with Crippen molar-refractivity contribution in [1.29, 1.82) is 0 Å². The highest BCUT2D eigenvalue weighted by Crippen LogP contribution is 2.33. The molecule has 3 aliphatic rings. The van der Waals surface area contributed by atoms with Gasteiger partial charge in [0.1, 0.15) is 5.75 Å². The van der Waals surface area contributed by atoms with Crippen LogP contribution < -0.4 is 20.3 Å². The van der Waals surface area contributed by atoms with Crippen molar-refractivity contribution >= 4 is 17.6 Å². The molecule has 3 fully saturated rings. The summed E-state index contributed by atoms with van der Waals surface area (Å²) in [7, 11) is 3.47. The number of carbonyl (C=O) groups excluding carboxylic acids is 2. The van der Waals surface area contributed by atoms with E-state index in [9.17, 15) is 9.59 Å².